The van der Waals surface area contributed by atoms with Crippen molar-refractivity contribution in [3.63, 3.8) is 0 Å². The van der Waals surface area contributed by atoms with Crippen LogP contribution in [-0.2, 0) is 0 Å². The van der Waals surface area contributed by atoms with Crippen molar-refractivity contribution in [3.05, 3.63) is 35.6 Å². The second-order valence-corrected chi connectivity index (χ2v) is 4.20. The van der Waals surface area contributed by atoms with Gasteiger partial charge in [0.15, 0.2) is 0 Å². The van der Waals surface area contributed by atoms with Gasteiger partial charge in [0.2, 0.25) is 0 Å². The second-order valence-electron chi connectivity index (χ2n) is 4.20. The molecule has 6 heteroatoms. The molecule has 0 radical (unpaired) electrons. The molecular formula is C12H15F4NO. The minimum absolute atomic E-state index is 0.0549. The molecule has 2 atom stereocenters. The molecule has 0 spiro atoms. The predicted molar refractivity (Wildman–Crippen MR) is 59.5 cm³/mol. The minimum Gasteiger partial charge on any atom is -0.387 e. The Labute approximate surface area is 103 Å². The van der Waals surface area contributed by atoms with Crippen molar-refractivity contribution in [2.24, 2.45) is 0 Å². The van der Waals surface area contributed by atoms with Gasteiger partial charge in [-0.25, -0.2) is 4.39 Å². The molecule has 1 rings (SSSR count). The molecule has 0 aromatic heterocycles. The summed E-state index contributed by atoms with van der Waals surface area (Å²) in [7, 11) is 0. The van der Waals surface area contributed by atoms with Crippen LogP contribution >= 0.6 is 0 Å². The average molecular weight is 265 g/mol. The zero-order valence-corrected chi connectivity index (χ0v) is 9.84. The highest BCUT2D eigenvalue weighted by molar-refractivity contribution is 5.18. The van der Waals surface area contributed by atoms with Crippen LogP contribution in [0.25, 0.3) is 0 Å². The van der Waals surface area contributed by atoms with E-state index in [-0.39, 0.29) is 6.54 Å². The summed E-state index contributed by atoms with van der Waals surface area (Å²) >= 11 is 0. The number of halogens is 4. The first-order valence-corrected chi connectivity index (χ1v) is 5.51. The molecule has 2 nitrogen and oxygen atoms in total. The fourth-order valence-electron chi connectivity index (χ4n) is 1.56. The first-order chi connectivity index (χ1) is 8.28. The van der Waals surface area contributed by atoms with Crippen molar-refractivity contribution in [1.29, 1.82) is 0 Å². The average Bonchev–Trinajstić information content (AvgIpc) is 2.23. The number of aliphatic hydroxyl groups is 1. The molecule has 0 heterocycles. The zero-order chi connectivity index (χ0) is 13.8. The molecule has 0 fully saturated rings. The third-order valence-electron chi connectivity index (χ3n) is 2.43. The van der Waals surface area contributed by atoms with E-state index in [1.165, 1.54) is 25.1 Å². The SMILES string of the molecule is CC(CC(F)(F)F)NCC(O)c1cccc(F)c1. The van der Waals surface area contributed by atoms with Crippen molar-refractivity contribution in [2.45, 2.75) is 31.7 Å². The Kier molecular flexibility index (Phi) is 5.10. The van der Waals surface area contributed by atoms with Crippen LogP contribution in [0.4, 0.5) is 17.6 Å². The maximum absolute atomic E-state index is 12.9. The van der Waals surface area contributed by atoms with Gasteiger partial charge in [0.25, 0.3) is 0 Å². The fourth-order valence-corrected chi connectivity index (χ4v) is 1.56. The molecule has 0 aliphatic heterocycles. The number of benzene rings is 1. The van der Waals surface area contributed by atoms with Gasteiger partial charge in [0.1, 0.15) is 5.82 Å². The number of aliphatic hydroxyl groups excluding tert-OH is 1. The van der Waals surface area contributed by atoms with E-state index >= 15 is 0 Å². The van der Waals surface area contributed by atoms with Gasteiger partial charge < -0.3 is 10.4 Å². The molecule has 1 aromatic rings. The van der Waals surface area contributed by atoms with Crippen LogP contribution in [-0.4, -0.2) is 23.9 Å². The van der Waals surface area contributed by atoms with Crippen molar-refractivity contribution >= 4 is 0 Å². The predicted octanol–water partition coefficient (Wildman–Crippen LogP) is 2.79. The maximum atomic E-state index is 12.9. The molecule has 2 unspecified atom stereocenters. The van der Waals surface area contributed by atoms with Crippen LogP contribution in [0.3, 0.4) is 0 Å². The smallest absolute Gasteiger partial charge is 0.387 e. The number of alkyl halides is 3. The molecule has 2 N–H and O–H groups in total. The Morgan fingerprint density at radius 2 is 2.00 bits per heavy atom. The fraction of sp³-hybridized carbons (Fsp3) is 0.500. The zero-order valence-electron chi connectivity index (χ0n) is 9.84. The lowest BCUT2D eigenvalue weighted by molar-refractivity contribution is -0.139. The summed E-state index contributed by atoms with van der Waals surface area (Å²) < 4.78 is 49.0. The number of hydrogen-bond acceptors (Lipinski definition) is 2. The van der Waals surface area contributed by atoms with E-state index in [0.29, 0.717) is 5.56 Å². The van der Waals surface area contributed by atoms with Gasteiger partial charge in [0, 0.05) is 12.6 Å². The molecule has 0 aliphatic carbocycles. The lowest BCUT2D eigenvalue weighted by Crippen LogP contribution is -2.34. The number of nitrogens with one attached hydrogen (secondary N) is 1. The van der Waals surface area contributed by atoms with Crippen LogP contribution in [0, 0.1) is 5.82 Å². The van der Waals surface area contributed by atoms with Gasteiger partial charge in [-0.15, -0.1) is 0 Å². The van der Waals surface area contributed by atoms with Gasteiger partial charge in [-0.05, 0) is 24.6 Å². The summed E-state index contributed by atoms with van der Waals surface area (Å²) in [4.78, 5) is 0. The number of rotatable bonds is 5. The first-order valence-electron chi connectivity index (χ1n) is 5.51. The van der Waals surface area contributed by atoms with Gasteiger partial charge >= 0.3 is 6.18 Å². The van der Waals surface area contributed by atoms with Crippen LogP contribution in [0.15, 0.2) is 24.3 Å². The Hall–Kier alpha value is -1.14. The molecular weight excluding hydrogens is 250 g/mol. The molecule has 0 saturated heterocycles. The molecule has 0 aliphatic rings. The van der Waals surface area contributed by atoms with Gasteiger partial charge in [-0.1, -0.05) is 12.1 Å². The summed E-state index contributed by atoms with van der Waals surface area (Å²) in [5.74, 6) is -0.491. The molecule has 102 valence electrons. The second kappa shape index (κ2) is 6.15. The van der Waals surface area contributed by atoms with Gasteiger partial charge in [0.05, 0.1) is 12.5 Å². The Morgan fingerprint density at radius 1 is 1.33 bits per heavy atom. The van der Waals surface area contributed by atoms with E-state index in [4.69, 9.17) is 0 Å². The normalized spacial score (nSPS) is 15.4. The van der Waals surface area contributed by atoms with Crippen molar-refractivity contribution in [1.82, 2.24) is 5.32 Å². The Morgan fingerprint density at radius 3 is 2.56 bits per heavy atom. The highest BCUT2D eigenvalue weighted by atomic mass is 19.4. The van der Waals surface area contributed by atoms with Crippen LogP contribution in [0.2, 0.25) is 0 Å². The monoisotopic (exact) mass is 265 g/mol. The van der Waals surface area contributed by atoms with E-state index < -0.39 is 30.6 Å². The summed E-state index contributed by atoms with van der Waals surface area (Å²) in [6.45, 7) is 1.33. The Balaban J connectivity index is 2.44. The number of hydrogen-bond donors (Lipinski definition) is 2. The molecule has 1 aromatic carbocycles. The minimum atomic E-state index is -4.24. The van der Waals surface area contributed by atoms with Crippen LogP contribution in [0.1, 0.15) is 25.0 Å². The van der Waals surface area contributed by atoms with E-state index in [1.807, 2.05) is 0 Å². The van der Waals surface area contributed by atoms with E-state index in [9.17, 15) is 22.7 Å². The molecule has 0 amide bonds. The third kappa shape index (κ3) is 5.46. The Bertz CT molecular complexity index is 381. The summed E-state index contributed by atoms with van der Waals surface area (Å²) in [5.41, 5.74) is 0.335. The van der Waals surface area contributed by atoms with Gasteiger partial charge in [-0.3, -0.25) is 0 Å². The van der Waals surface area contributed by atoms with E-state index in [1.54, 1.807) is 0 Å². The molecule has 0 bridgehead atoms. The summed E-state index contributed by atoms with van der Waals surface area (Å²) in [6.07, 6.45) is -6.24. The van der Waals surface area contributed by atoms with Crippen molar-refractivity contribution in [2.75, 3.05) is 6.54 Å². The quantitative estimate of drug-likeness (QED) is 0.802. The van der Waals surface area contributed by atoms with Crippen LogP contribution in [0.5, 0.6) is 0 Å². The first kappa shape index (κ1) is 14.9. The third-order valence-corrected chi connectivity index (χ3v) is 2.43. The highest BCUT2D eigenvalue weighted by Crippen LogP contribution is 2.21. The van der Waals surface area contributed by atoms with Gasteiger partial charge in [-0.2, -0.15) is 13.2 Å². The maximum Gasteiger partial charge on any atom is 0.390 e. The summed E-state index contributed by atoms with van der Waals surface area (Å²) in [5, 5.41) is 12.2. The summed E-state index contributed by atoms with van der Waals surface area (Å²) in [6, 6.07) is 4.54. The largest absolute Gasteiger partial charge is 0.390 e. The lowest BCUT2D eigenvalue weighted by Gasteiger charge is -2.18. The van der Waals surface area contributed by atoms with Crippen LogP contribution < -0.4 is 5.32 Å². The topological polar surface area (TPSA) is 32.3 Å². The standard InChI is InChI=1S/C12H15F4NO/c1-8(6-12(14,15)16)17-7-11(18)9-3-2-4-10(13)5-9/h2-5,8,11,17-18H,6-7H2,1H3. The lowest BCUT2D eigenvalue weighted by atomic mass is 10.1. The van der Waals surface area contributed by atoms with E-state index in [2.05, 4.69) is 5.32 Å². The van der Waals surface area contributed by atoms with Crippen molar-refractivity contribution < 1.29 is 22.7 Å². The van der Waals surface area contributed by atoms with E-state index in [0.717, 1.165) is 6.07 Å². The molecule has 0 saturated carbocycles. The van der Waals surface area contributed by atoms with Crippen molar-refractivity contribution in [3.8, 4) is 0 Å². The molecule has 18 heavy (non-hydrogen) atoms. The highest BCUT2D eigenvalue weighted by Gasteiger charge is 2.29.